The minimum Gasteiger partial charge on any atom is -0.502 e. The smallest absolute Gasteiger partial charge is 0.311 e. The molecule has 1 unspecified atom stereocenters. The fraction of sp³-hybridized carbons (Fsp3) is 0.357. The van der Waals surface area contributed by atoms with Gasteiger partial charge in [0.25, 0.3) is 0 Å². The zero-order chi connectivity index (χ0) is 15.2. The van der Waals surface area contributed by atoms with Crippen molar-refractivity contribution in [3.8, 4) is 5.75 Å². The first-order valence-electron chi connectivity index (χ1n) is 6.69. The number of aromatic hydroxyl groups is 1. The number of nitro groups is 1. The SMILES string of the molecule is CC(CNCc1ccc(O)c([N+](=O)[O-])c1)Cn1ccnc1. The van der Waals surface area contributed by atoms with Crippen LogP contribution in [0.3, 0.4) is 0 Å². The van der Waals surface area contributed by atoms with Crippen molar-refractivity contribution >= 4 is 5.69 Å². The summed E-state index contributed by atoms with van der Waals surface area (Å²) in [5.74, 6) is 0.100. The second-order valence-electron chi connectivity index (χ2n) is 5.08. The predicted octanol–water partition coefficient (Wildman–Crippen LogP) is 1.92. The number of nitro benzene ring substituents is 1. The molecule has 7 heteroatoms. The lowest BCUT2D eigenvalue weighted by Gasteiger charge is -2.13. The summed E-state index contributed by atoms with van der Waals surface area (Å²) < 4.78 is 2.01. The molecule has 0 saturated carbocycles. The molecule has 0 amide bonds. The molecule has 0 aliphatic rings. The van der Waals surface area contributed by atoms with Gasteiger partial charge in [0.1, 0.15) is 0 Å². The molecule has 0 aliphatic carbocycles. The summed E-state index contributed by atoms with van der Waals surface area (Å²) in [6, 6.07) is 4.42. The second kappa shape index (κ2) is 6.85. The number of phenolic OH excluding ortho intramolecular Hbond substituents is 1. The summed E-state index contributed by atoms with van der Waals surface area (Å²) in [7, 11) is 0. The fourth-order valence-electron chi connectivity index (χ4n) is 2.11. The first-order valence-corrected chi connectivity index (χ1v) is 6.69. The van der Waals surface area contributed by atoms with Crippen LogP contribution in [0.2, 0.25) is 0 Å². The number of nitrogens with one attached hydrogen (secondary N) is 1. The van der Waals surface area contributed by atoms with E-state index in [-0.39, 0.29) is 11.4 Å². The Hall–Kier alpha value is -2.41. The molecule has 1 aromatic heterocycles. The van der Waals surface area contributed by atoms with Gasteiger partial charge in [0.2, 0.25) is 0 Å². The summed E-state index contributed by atoms with van der Waals surface area (Å²) in [5.41, 5.74) is 0.509. The third-order valence-corrected chi connectivity index (χ3v) is 3.14. The number of rotatable bonds is 7. The van der Waals surface area contributed by atoms with Gasteiger partial charge in [-0.1, -0.05) is 13.0 Å². The third-order valence-electron chi connectivity index (χ3n) is 3.14. The maximum absolute atomic E-state index is 10.8. The van der Waals surface area contributed by atoms with Crippen LogP contribution in [0.25, 0.3) is 0 Å². The van der Waals surface area contributed by atoms with E-state index in [1.807, 2.05) is 10.8 Å². The second-order valence-corrected chi connectivity index (χ2v) is 5.08. The topological polar surface area (TPSA) is 93.2 Å². The van der Waals surface area contributed by atoms with Gasteiger partial charge in [-0.15, -0.1) is 0 Å². The number of nitrogens with zero attached hydrogens (tertiary/aromatic N) is 3. The number of hydrogen-bond donors (Lipinski definition) is 2. The molecule has 1 atom stereocenters. The number of hydrogen-bond acceptors (Lipinski definition) is 5. The molecule has 0 radical (unpaired) electrons. The van der Waals surface area contributed by atoms with Crippen LogP contribution in [0.5, 0.6) is 5.75 Å². The van der Waals surface area contributed by atoms with Crippen LogP contribution in [0.4, 0.5) is 5.69 Å². The standard InChI is InChI=1S/C14H18N4O3/c1-11(9-17-5-4-15-10-17)7-16-8-12-2-3-14(19)13(6-12)18(20)21/h2-6,10-11,16,19H,7-9H2,1H3. The van der Waals surface area contributed by atoms with Crippen molar-refractivity contribution in [3.05, 3.63) is 52.6 Å². The molecule has 2 rings (SSSR count). The van der Waals surface area contributed by atoms with Gasteiger partial charge in [-0.05, 0) is 24.1 Å². The molecule has 0 fully saturated rings. The first kappa shape index (κ1) is 15.0. The van der Waals surface area contributed by atoms with Crippen LogP contribution >= 0.6 is 0 Å². The molecular weight excluding hydrogens is 272 g/mol. The molecule has 2 N–H and O–H groups in total. The van der Waals surface area contributed by atoms with Gasteiger partial charge >= 0.3 is 5.69 Å². The van der Waals surface area contributed by atoms with Crippen molar-refractivity contribution in [2.75, 3.05) is 6.54 Å². The highest BCUT2D eigenvalue weighted by Gasteiger charge is 2.13. The normalized spacial score (nSPS) is 12.2. The van der Waals surface area contributed by atoms with E-state index < -0.39 is 4.92 Å². The average molecular weight is 290 g/mol. The lowest BCUT2D eigenvalue weighted by atomic mass is 10.1. The molecule has 0 aliphatic heterocycles. The van der Waals surface area contributed by atoms with Crippen molar-refractivity contribution in [1.82, 2.24) is 14.9 Å². The Balaban J connectivity index is 1.83. The molecule has 0 saturated heterocycles. The van der Waals surface area contributed by atoms with Crippen molar-refractivity contribution in [1.29, 1.82) is 0 Å². The minimum atomic E-state index is -0.583. The molecule has 112 valence electrons. The number of phenols is 1. The van der Waals surface area contributed by atoms with Gasteiger partial charge in [0, 0.05) is 31.5 Å². The Morgan fingerprint density at radius 3 is 3.00 bits per heavy atom. The fourth-order valence-corrected chi connectivity index (χ4v) is 2.11. The van der Waals surface area contributed by atoms with Gasteiger partial charge < -0.3 is 15.0 Å². The monoisotopic (exact) mass is 290 g/mol. The van der Waals surface area contributed by atoms with E-state index in [9.17, 15) is 15.2 Å². The molecule has 21 heavy (non-hydrogen) atoms. The van der Waals surface area contributed by atoms with E-state index in [1.165, 1.54) is 12.1 Å². The van der Waals surface area contributed by atoms with E-state index in [4.69, 9.17) is 0 Å². The average Bonchev–Trinajstić information content (AvgIpc) is 2.93. The summed E-state index contributed by atoms with van der Waals surface area (Å²) in [6.07, 6.45) is 5.44. The lowest BCUT2D eigenvalue weighted by molar-refractivity contribution is -0.385. The Labute approximate surface area is 122 Å². The highest BCUT2D eigenvalue weighted by Crippen LogP contribution is 2.26. The third kappa shape index (κ3) is 4.28. The molecule has 1 heterocycles. The Morgan fingerprint density at radius 1 is 1.52 bits per heavy atom. The summed E-state index contributed by atoms with van der Waals surface area (Å²) in [4.78, 5) is 14.2. The quantitative estimate of drug-likeness (QED) is 0.600. The lowest BCUT2D eigenvalue weighted by Crippen LogP contribution is -2.23. The van der Waals surface area contributed by atoms with E-state index in [1.54, 1.807) is 18.6 Å². The van der Waals surface area contributed by atoms with Gasteiger partial charge in [-0.3, -0.25) is 10.1 Å². The Morgan fingerprint density at radius 2 is 2.33 bits per heavy atom. The van der Waals surface area contributed by atoms with Crippen LogP contribution in [-0.4, -0.2) is 26.1 Å². The molecule has 0 spiro atoms. The summed E-state index contributed by atoms with van der Waals surface area (Å²) in [5, 5.41) is 23.4. The largest absolute Gasteiger partial charge is 0.502 e. The summed E-state index contributed by atoms with van der Waals surface area (Å²) >= 11 is 0. The Kier molecular flexibility index (Phi) is 4.89. The van der Waals surface area contributed by atoms with E-state index in [0.717, 1.165) is 18.7 Å². The molecule has 0 bridgehead atoms. The number of imidazole rings is 1. The molecule has 7 nitrogen and oxygen atoms in total. The zero-order valence-corrected chi connectivity index (χ0v) is 11.8. The van der Waals surface area contributed by atoms with E-state index in [2.05, 4.69) is 17.2 Å². The predicted molar refractivity (Wildman–Crippen MR) is 77.9 cm³/mol. The molecular formula is C14H18N4O3. The summed E-state index contributed by atoms with van der Waals surface area (Å²) in [6.45, 7) is 4.29. The van der Waals surface area contributed by atoms with Crippen LogP contribution < -0.4 is 5.32 Å². The zero-order valence-electron chi connectivity index (χ0n) is 11.8. The molecule has 1 aromatic carbocycles. The van der Waals surface area contributed by atoms with E-state index in [0.29, 0.717) is 12.5 Å². The molecule has 2 aromatic rings. The number of benzene rings is 1. The highest BCUT2D eigenvalue weighted by molar-refractivity contribution is 5.47. The Bertz CT molecular complexity index is 598. The van der Waals surface area contributed by atoms with Crippen LogP contribution in [-0.2, 0) is 13.1 Å². The van der Waals surface area contributed by atoms with Crippen molar-refractivity contribution in [2.24, 2.45) is 5.92 Å². The van der Waals surface area contributed by atoms with Crippen molar-refractivity contribution in [3.63, 3.8) is 0 Å². The van der Waals surface area contributed by atoms with Gasteiger partial charge in [-0.2, -0.15) is 0 Å². The minimum absolute atomic E-state index is 0.263. The van der Waals surface area contributed by atoms with Gasteiger partial charge in [0.05, 0.1) is 11.3 Å². The highest BCUT2D eigenvalue weighted by atomic mass is 16.6. The van der Waals surface area contributed by atoms with Crippen LogP contribution in [0, 0.1) is 16.0 Å². The first-order chi connectivity index (χ1) is 10.1. The van der Waals surface area contributed by atoms with Gasteiger partial charge in [-0.25, -0.2) is 4.98 Å². The maximum atomic E-state index is 10.8. The van der Waals surface area contributed by atoms with Crippen LogP contribution in [0.1, 0.15) is 12.5 Å². The van der Waals surface area contributed by atoms with Crippen molar-refractivity contribution in [2.45, 2.75) is 20.0 Å². The van der Waals surface area contributed by atoms with E-state index >= 15 is 0 Å². The van der Waals surface area contributed by atoms with Crippen molar-refractivity contribution < 1.29 is 10.0 Å². The maximum Gasteiger partial charge on any atom is 0.311 e. The number of aromatic nitrogens is 2. The van der Waals surface area contributed by atoms with Crippen LogP contribution in [0.15, 0.2) is 36.9 Å². The van der Waals surface area contributed by atoms with Gasteiger partial charge in [0.15, 0.2) is 5.75 Å².